The van der Waals surface area contributed by atoms with Crippen LogP contribution < -0.4 is 39.4 Å². The molecule has 4 aromatic rings. The van der Waals surface area contributed by atoms with E-state index >= 15 is 0 Å². The van der Waals surface area contributed by atoms with Crippen molar-refractivity contribution in [2.24, 2.45) is 0 Å². The predicted molar refractivity (Wildman–Crippen MR) is 95.0 cm³/mol. The zero-order valence-electron chi connectivity index (χ0n) is 13.9. The van der Waals surface area contributed by atoms with E-state index in [9.17, 15) is 0 Å². The summed E-state index contributed by atoms with van der Waals surface area (Å²) < 4.78 is 7.41. The zero-order valence-corrected chi connectivity index (χ0v) is 16.7. The SMILES string of the molecule is COc1ccc(-n2c(-c3ccc4ccccc4n3)n[n-]c2=S)cc1.[Na+]. The Kier molecular flexibility index (Phi) is 5.34. The molecular formula is C18H13N4NaOS. The number of para-hydroxylation sites is 1. The first kappa shape index (κ1) is 17.8. The first-order valence-electron chi connectivity index (χ1n) is 7.39. The Morgan fingerprint density at radius 1 is 1.00 bits per heavy atom. The largest absolute Gasteiger partial charge is 1.00 e. The maximum absolute atomic E-state index is 5.34. The number of pyridine rings is 1. The van der Waals surface area contributed by atoms with Crippen LogP contribution in [-0.4, -0.2) is 21.8 Å². The van der Waals surface area contributed by atoms with Crippen molar-refractivity contribution >= 4 is 23.1 Å². The van der Waals surface area contributed by atoms with Gasteiger partial charge >= 0.3 is 29.6 Å². The van der Waals surface area contributed by atoms with Gasteiger partial charge in [-0.15, -0.1) is 0 Å². The van der Waals surface area contributed by atoms with E-state index in [-0.39, 0.29) is 29.6 Å². The fourth-order valence-electron chi connectivity index (χ4n) is 2.59. The van der Waals surface area contributed by atoms with Gasteiger partial charge in [0.2, 0.25) is 0 Å². The monoisotopic (exact) mass is 356 g/mol. The molecule has 0 radical (unpaired) electrons. The van der Waals surface area contributed by atoms with Crippen molar-refractivity contribution in [2.45, 2.75) is 0 Å². The molecule has 0 unspecified atom stereocenters. The van der Waals surface area contributed by atoms with Gasteiger partial charge in [-0.1, -0.05) is 48.6 Å². The van der Waals surface area contributed by atoms with Gasteiger partial charge in [-0.25, -0.2) is 4.98 Å². The van der Waals surface area contributed by atoms with Crippen molar-refractivity contribution in [2.75, 3.05) is 7.11 Å². The second-order valence-corrected chi connectivity index (χ2v) is 5.59. The minimum absolute atomic E-state index is 0. The fourth-order valence-corrected chi connectivity index (χ4v) is 2.82. The van der Waals surface area contributed by atoms with Crippen molar-refractivity contribution in [3.05, 3.63) is 65.4 Å². The smallest absolute Gasteiger partial charge is 0.497 e. The first-order chi connectivity index (χ1) is 11.8. The van der Waals surface area contributed by atoms with E-state index in [1.165, 1.54) is 0 Å². The van der Waals surface area contributed by atoms with Gasteiger partial charge in [0.25, 0.3) is 0 Å². The molecule has 2 aromatic carbocycles. The van der Waals surface area contributed by atoms with E-state index < -0.39 is 0 Å². The van der Waals surface area contributed by atoms with Crippen LogP contribution in [0, 0.1) is 4.77 Å². The van der Waals surface area contributed by atoms with Crippen LogP contribution in [0.5, 0.6) is 5.75 Å². The van der Waals surface area contributed by atoms with Crippen LogP contribution in [0.1, 0.15) is 0 Å². The molecule has 0 spiro atoms. The Morgan fingerprint density at radius 3 is 2.52 bits per heavy atom. The molecule has 7 heteroatoms. The van der Waals surface area contributed by atoms with Crippen molar-refractivity contribution < 1.29 is 34.3 Å². The summed E-state index contributed by atoms with van der Waals surface area (Å²) in [5.41, 5.74) is 2.51. The molecule has 5 nitrogen and oxygen atoms in total. The maximum Gasteiger partial charge on any atom is 1.00 e. The molecule has 25 heavy (non-hydrogen) atoms. The van der Waals surface area contributed by atoms with Crippen LogP contribution in [0.25, 0.3) is 28.1 Å². The summed E-state index contributed by atoms with van der Waals surface area (Å²) in [6, 6.07) is 19.5. The van der Waals surface area contributed by atoms with Gasteiger partial charge in [0.05, 0.1) is 24.1 Å². The number of benzene rings is 2. The Hall–Kier alpha value is -1.99. The molecule has 0 atom stereocenters. The van der Waals surface area contributed by atoms with Crippen LogP contribution in [0.2, 0.25) is 0 Å². The molecule has 0 saturated heterocycles. The number of fused-ring (bicyclic) bond motifs is 1. The molecule has 0 aliphatic rings. The second-order valence-electron chi connectivity index (χ2n) is 5.23. The number of ether oxygens (including phenoxy) is 1. The molecular weight excluding hydrogens is 343 g/mol. The summed E-state index contributed by atoms with van der Waals surface area (Å²) >= 11 is 5.34. The van der Waals surface area contributed by atoms with E-state index in [4.69, 9.17) is 17.0 Å². The molecule has 4 rings (SSSR count). The van der Waals surface area contributed by atoms with Crippen LogP contribution in [0.3, 0.4) is 0 Å². The summed E-state index contributed by atoms with van der Waals surface area (Å²) in [5.74, 6) is 1.40. The van der Waals surface area contributed by atoms with Crippen LogP contribution in [-0.2, 0) is 0 Å². The Labute approximate surface area is 172 Å². The predicted octanol–water partition coefficient (Wildman–Crippen LogP) is 0.787. The van der Waals surface area contributed by atoms with Crippen molar-refractivity contribution in [3.63, 3.8) is 0 Å². The second kappa shape index (κ2) is 7.49. The molecule has 2 aromatic heterocycles. The van der Waals surface area contributed by atoms with E-state index in [1.54, 1.807) is 7.11 Å². The van der Waals surface area contributed by atoms with E-state index in [1.807, 2.05) is 65.2 Å². The Bertz CT molecular complexity index is 1070. The third-order valence-electron chi connectivity index (χ3n) is 3.79. The fraction of sp³-hybridized carbons (Fsp3) is 0.0556. The summed E-state index contributed by atoms with van der Waals surface area (Å²) in [5, 5.41) is 9.35. The minimum atomic E-state index is 0. The van der Waals surface area contributed by atoms with Gasteiger partial charge in [-0.05, 0) is 30.0 Å². The molecule has 2 heterocycles. The van der Waals surface area contributed by atoms with Crippen LogP contribution in [0.15, 0.2) is 60.7 Å². The number of aromatic nitrogens is 4. The van der Waals surface area contributed by atoms with Crippen molar-refractivity contribution in [1.82, 2.24) is 19.7 Å². The minimum Gasteiger partial charge on any atom is -0.497 e. The molecule has 0 amide bonds. The number of nitrogens with zero attached hydrogens (tertiary/aromatic N) is 4. The van der Waals surface area contributed by atoms with Gasteiger partial charge in [0, 0.05) is 10.2 Å². The molecule has 118 valence electrons. The number of hydrogen-bond donors (Lipinski definition) is 0. The van der Waals surface area contributed by atoms with Gasteiger partial charge in [0.1, 0.15) is 5.75 Å². The standard InChI is InChI=1S/C18H14N4OS.Na/c1-23-14-9-7-13(8-10-14)22-17(20-21-18(22)24)16-11-6-12-4-2-3-5-15(12)19-16;/h2-11H,1H3,(H,19,21,24);/q;+1/p-1. The van der Waals surface area contributed by atoms with Gasteiger partial charge in [-0.2, -0.15) is 0 Å². The van der Waals surface area contributed by atoms with Crippen LogP contribution >= 0.6 is 12.2 Å². The summed E-state index contributed by atoms with van der Waals surface area (Å²) in [6.45, 7) is 0. The van der Waals surface area contributed by atoms with E-state index in [0.29, 0.717) is 10.6 Å². The first-order valence-corrected chi connectivity index (χ1v) is 7.80. The quantitative estimate of drug-likeness (QED) is 0.401. The zero-order chi connectivity index (χ0) is 16.5. The molecule has 0 fully saturated rings. The number of hydrogen-bond acceptors (Lipinski definition) is 4. The maximum atomic E-state index is 5.34. The topological polar surface area (TPSA) is 54.0 Å². The molecule has 0 N–H and O–H groups in total. The van der Waals surface area contributed by atoms with Crippen molar-refractivity contribution in [1.29, 1.82) is 0 Å². The van der Waals surface area contributed by atoms with Crippen molar-refractivity contribution in [3.8, 4) is 23.0 Å². The molecule has 0 aliphatic heterocycles. The van der Waals surface area contributed by atoms with Crippen LogP contribution in [0.4, 0.5) is 0 Å². The van der Waals surface area contributed by atoms with E-state index in [2.05, 4.69) is 15.2 Å². The normalized spacial score (nSPS) is 10.4. The average Bonchev–Trinajstić information content (AvgIpc) is 3.03. The molecule has 0 bridgehead atoms. The molecule has 0 aliphatic carbocycles. The van der Waals surface area contributed by atoms with Gasteiger partial charge in [-0.3, -0.25) is 5.10 Å². The summed E-state index contributed by atoms with van der Waals surface area (Å²) in [4.78, 5) is 4.68. The van der Waals surface area contributed by atoms with Gasteiger partial charge in [0.15, 0.2) is 0 Å². The Balaban J connectivity index is 0.00000182. The third-order valence-corrected chi connectivity index (χ3v) is 4.06. The third kappa shape index (κ3) is 3.39. The number of methoxy groups -OCH3 is 1. The van der Waals surface area contributed by atoms with E-state index in [0.717, 1.165) is 28.0 Å². The van der Waals surface area contributed by atoms with Gasteiger partial charge < -0.3 is 14.4 Å². The average molecular weight is 356 g/mol. The molecule has 0 saturated carbocycles. The number of rotatable bonds is 3. The summed E-state index contributed by atoms with van der Waals surface area (Å²) in [7, 11) is 1.64. The summed E-state index contributed by atoms with van der Waals surface area (Å²) in [6.07, 6.45) is 0. The Morgan fingerprint density at radius 2 is 1.76 bits per heavy atom.